The van der Waals surface area contributed by atoms with E-state index in [1.54, 1.807) is 60.6 Å². The highest BCUT2D eigenvalue weighted by Gasteiger charge is 2.43. The van der Waals surface area contributed by atoms with Crippen molar-refractivity contribution in [3.05, 3.63) is 35.4 Å². The summed E-state index contributed by atoms with van der Waals surface area (Å²) in [6, 6.07) is 3.08. The number of ether oxygens (including phenoxy) is 1. The lowest BCUT2D eigenvalue weighted by Gasteiger charge is -2.32. The van der Waals surface area contributed by atoms with Crippen LogP contribution in [0.15, 0.2) is 24.3 Å². The number of rotatable bonds is 8. The second kappa shape index (κ2) is 12.1. The number of fused-ring (bicyclic) bond motifs is 1. The third-order valence-corrected chi connectivity index (χ3v) is 6.60. The van der Waals surface area contributed by atoms with E-state index in [0.29, 0.717) is 24.4 Å². The third-order valence-electron chi connectivity index (χ3n) is 6.60. The maximum atomic E-state index is 13.5. The highest BCUT2D eigenvalue weighted by Crippen LogP contribution is 2.24. The van der Waals surface area contributed by atoms with Crippen molar-refractivity contribution in [3.8, 4) is 0 Å². The monoisotopic (exact) mass is 558 g/mol. The van der Waals surface area contributed by atoms with Gasteiger partial charge in [-0.05, 0) is 57.6 Å². The minimum absolute atomic E-state index is 0.116. The predicted molar refractivity (Wildman–Crippen MR) is 143 cm³/mol. The first-order valence-corrected chi connectivity index (χ1v) is 13.4. The van der Waals surface area contributed by atoms with Crippen molar-refractivity contribution in [1.29, 1.82) is 0 Å². The van der Waals surface area contributed by atoms with Crippen molar-refractivity contribution < 1.29 is 38.3 Å². The van der Waals surface area contributed by atoms with E-state index >= 15 is 0 Å². The number of nitrogens with one attached hydrogen (secondary N) is 2. The van der Waals surface area contributed by atoms with Crippen molar-refractivity contribution in [2.75, 3.05) is 6.54 Å². The number of hydroxylamine groups is 2. The van der Waals surface area contributed by atoms with Crippen LogP contribution in [-0.2, 0) is 24.0 Å². The van der Waals surface area contributed by atoms with E-state index in [-0.39, 0.29) is 17.0 Å². The van der Waals surface area contributed by atoms with Gasteiger partial charge in [-0.2, -0.15) is 0 Å². The highest BCUT2D eigenvalue weighted by atomic mass is 16.7. The average molecular weight is 559 g/mol. The van der Waals surface area contributed by atoms with Gasteiger partial charge >= 0.3 is 12.1 Å². The van der Waals surface area contributed by atoms with Gasteiger partial charge in [-0.3, -0.25) is 19.2 Å². The minimum Gasteiger partial charge on any atom is -0.444 e. The molecule has 218 valence electrons. The average Bonchev–Trinajstić information content (AvgIpc) is 3.44. The Balaban J connectivity index is 1.70. The Kier molecular flexibility index (Phi) is 9.21. The SMILES string of the molecule is CC(C)C(NC(=O)[C@@H]1CCCN1C(=O)[C@@H](NC(=O)OC(C)(C)C)C(C)C)C(=O)ON1C(=O)c2ccccc2C1=O. The van der Waals surface area contributed by atoms with Crippen molar-refractivity contribution >= 4 is 35.7 Å². The van der Waals surface area contributed by atoms with Crippen LogP contribution in [-0.4, -0.2) is 75.9 Å². The molecular formula is C28H38N4O8. The zero-order valence-corrected chi connectivity index (χ0v) is 24.0. The van der Waals surface area contributed by atoms with Gasteiger partial charge in [0.15, 0.2) is 0 Å². The number of hydrogen-bond donors (Lipinski definition) is 2. The molecule has 2 aliphatic heterocycles. The summed E-state index contributed by atoms with van der Waals surface area (Å²) in [6.45, 7) is 12.3. The van der Waals surface area contributed by atoms with Gasteiger partial charge in [0.05, 0.1) is 11.1 Å². The molecule has 1 aromatic rings. The van der Waals surface area contributed by atoms with Crippen LogP contribution in [0.5, 0.6) is 0 Å². The maximum Gasteiger partial charge on any atom is 0.408 e. The lowest BCUT2D eigenvalue weighted by Crippen LogP contribution is -2.57. The Morgan fingerprint density at radius 3 is 1.95 bits per heavy atom. The molecule has 3 atom stereocenters. The first-order valence-electron chi connectivity index (χ1n) is 13.4. The summed E-state index contributed by atoms with van der Waals surface area (Å²) in [5.74, 6) is -4.30. The van der Waals surface area contributed by atoms with Gasteiger partial charge in [-0.25, -0.2) is 9.59 Å². The lowest BCUT2D eigenvalue weighted by atomic mass is 10.0. The third kappa shape index (κ3) is 6.78. The van der Waals surface area contributed by atoms with Crippen LogP contribution >= 0.6 is 0 Å². The fourth-order valence-corrected chi connectivity index (χ4v) is 4.57. The molecular weight excluding hydrogens is 520 g/mol. The molecule has 0 saturated carbocycles. The van der Waals surface area contributed by atoms with Gasteiger partial charge in [0.2, 0.25) is 11.8 Å². The molecule has 40 heavy (non-hydrogen) atoms. The quantitative estimate of drug-likeness (QED) is 0.462. The standard InChI is InChI=1S/C28H38N4O8/c1-15(2)20(30-27(38)39-28(5,6)7)25(36)31-14-10-13-19(31)22(33)29-21(16(3)4)26(37)40-32-23(34)17-11-8-9-12-18(17)24(32)35/h8-9,11-12,15-16,19-21H,10,13-14H2,1-7H3,(H,29,33)(H,30,38)/t19-,20-,21?/m0/s1. The zero-order chi connectivity index (χ0) is 29.9. The molecule has 5 amide bonds. The van der Waals surface area contributed by atoms with Crippen LogP contribution in [0.2, 0.25) is 0 Å². The lowest BCUT2D eigenvalue weighted by molar-refractivity contribution is -0.173. The van der Waals surface area contributed by atoms with Crippen LogP contribution in [0.25, 0.3) is 0 Å². The summed E-state index contributed by atoms with van der Waals surface area (Å²) in [6.07, 6.45) is 0.163. The van der Waals surface area contributed by atoms with E-state index in [2.05, 4.69) is 10.6 Å². The zero-order valence-electron chi connectivity index (χ0n) is 24.0. The fraction of sp³-hybridized carbons (Fsp3) is 0.571. The first kappa shape index (κ1) is 30.6. The normalized spacial score (nSPS) is 18.5. The number of alkyl carbamates (subject to hydrolysis) is 1. The second-order valence-electron chi connectivity index (χ2n) is 11.6. The van der Waals surface area contributed by atoms with Gasteiger partial charge in [0, 0.05) is 6.54 Å². The molecule has 3 rings (SSSR count). The number of benzene rings is 1. The Morgan fingerprint density at radius 1 is 0.900 bits per heavy atom. The molecule has 2 heterocycles. The van der Waals surface area contributed by atoms with E-state index in [0.717, 1.165) is 0 Å². The van der Waals surface area contributed by atoms with Crippen molar-refractivity contribution in [3.63, 3.8) is 0 Å². The predicted octanol–water partition coefficient (Wildman–Crippen LogP) is 2.42. The summed E-state index contributed by atoms with van der Waals surface area (Å²) in [4.78, 5) is 84.0. The van der Waals surface area contributed by atoms with E-state index in [9.17, 15) is 28.8 Å². The van der Waals surface area contributed by atoms with Crippen molar-refractivity contribution in [2.45, 2.75) is 85.0 Å². The van der Waals surface area contributed by atoms with Crippen LogP contribution in [0.4, 0.5) is 4.79 Å². The van der Waals surface area contributed by atoms with E-state index in [1.807, 2.05) is 0 Å². The van der Waals surface area contributed by atoms with Gasteiger partial charge in [0.1, 0.15) is 23.7 Å². The summed E-state index contributed by atoms with van der Waals surface area (Å²) in [5.41, 5.74) is -0.520. The van der Waals surface area contributed by atoms with Gasteiger partial charge in [0.25, 0.3) is 11.8 Å². The van der Waals surface area contributed by atoms with Crippen LogP contribution in [0.3, 0.4) is 0 Å². The summed E-state index contributed by atoms with van der Waals surface area (Å²) >= 11 is 0. The molecule has 1 fully saturated rings. The number of imide groups is 1. The highest BCUT2D eigenvalue weighted by molar-refractivity contribution is 6.21. The number of carbonyl (C=O) groups is 6. The summed E-state index contributed by atoms with van der Waals surface area (Å²) in [5, 5.41) is 5.65. The number of amides is 5. The second-order valence-corrected chi connectivity index (χ2v) is 11.6. The van der Waals surface area contributed by atoms with E-state index < -0.39 is 65.3 Å². The van der Waals surface area contributed by atoms with Gasteiger partial charge < -0.3 is 25.1 Å². The number of carbonyl (C=O) groups excluding carboxylic acids is 6. The smallest absolute Gasteiger partial charge is 0.408 e. The largest absolute Gasteiger partial charge is 0.444 e. The van der Waals surface area contributed by atoms with E-state index in [4.69, 9.17) is 9.57 Å². The van der Waals surface area contributed by atoms with E-state index in [1.165, 1.54) is 17.0 Å². The molecule has 0 radical (unpaired) electrons. The Bertz CT molecular complexity index is 1150. The summed E-state index contributed by atoms with van der Waals surface area (Å²) < 4.78 is 5.30. The van der Waals surface area contributed by atoms with Gasteiger partial charge in [-0.15, -0.1) is 0 Å². The fourth-order valence-electron chi connectivity index (χ4n) is 4.57. The van der Waals surface area contributed by atoms with Crippen LogP contribution in [0.1, 0.15) is 82.0 Å². The topological polar surface area (TPSA) is 151 Å². The molecule has 12 nitrogen and oxygen atoms in total. The van der Waals surface area contributed by atoms with Crippen molar-refractivity contribution in [1.82, 2.24) is 20.6 Å². The minimum atomic E-state index is -1.20. The Labute approximate surface area is 233 Å². The molecule has 2 aliphatic rings. The Hall–Kier alpha value is -3.96. The number of hydrogen-bond acceptors (Lipinski definition) is 8. The maximum absolute atomic E-state index is 13.5. The molecule has 2 N–H and O–H groups in total. The van der Waals surface area contributed by atoms with Crippen molar-refractivity contribution in [2.24, 2.45) is 11.8 Å². The molecule has 1 aromatic carbocycles. The van der Waals surface area contributed by atoms with Crippen LogP contribution in [0, 0.1) is 11.8 Å². The number of likely N-dealkylation sites (tertiary alicyclic amines) is 1. The molecule has 12 heteroatoms. The molecule has 1 saturated heterocycles. The molecule has 0 aliphatic carbocycles. The number of nitrogens with zero attached hydrogens (tertiary/aromatic N) is 2. The van der Waals surface area contributed by atoms with Gasteiger partial charge in [-0.1, -0.05) is 44.9 Å². The first-order chi connectivity index (χ1) is 18.6. The molecule has 1 unspecified atom stereocenters. The molecule has 0 aromatic heterocycles. The Morgan fingerprint density at radius 2 is 1.45 bits per heavy atom. The molecule has 0 spiro atoms. The van der Waals surface area contributed by atoms with Crippen LogP contribution < -0.4 is 10.6 Å². The molecule has 0 bridgehead atoms. The summed E-state index contributed by atoms with van der Waals surface area (Å²) in [7, 11) is 0.